The van der Waals surface area contributed by atoms with Gasteiger partial charge in [-0.3, -0.25) is 14.4 Å². The van der Waals surface area contributed by atoms with Gasteiger partial charge in [0.05, 0.1) is 45.4 Å². The molecule has 0 aromatic rings. The van der Waals surface area contributed by atoms with E-state index in [4.69, 9.17) is 33.2 Å². The van der Waals surface area contributed by atoms with Crippen molar-refractivity contribution in [3.05, 3.63) is 0 Å². The predicted octanol–water partition coefficient (Wildman–Crippen LogP) is 1.29. The number of carbonyl (C=O) groups is 4. The second kappa shape index (κ2) is 14.0. The third kappa shape index (κ3) is 9.49. The van der Waals surface area contributed by atoms with Crippen LogP contribution in [-0.4, -0.2) is 81.0 Å². The topological polar surface area (TPSA) is 133 Å². The smallest absolute Gasteiger partial charge is 0.339 e. The predicted molar refractivity (Wildman–Crippen MR) is 108 cm³/mol. The summed E-state index contributed by atoms with van der Waals surface area (Å²) < 4.78 is 37.3. The van der Waals surface area contributed by atoms with Crippen LogP contribution in [0.4, 0.5) is 0 Å². The minimum absolute atomic E-state index is 0.0191. The zero-order valence-corrected chi connectivity index (χ0v) is 19.5. The van der Waals surface area contributed by atoms with E-state index in [0.717, 1.165) is 0 Å². The van der Waals surface area contributed by atoms with Gasteiger partial charge in [0.25, 0.3) is 0 Å². The number of carbonyl (C=O) groups excluding carboxylic acids is 4. The van der Waals surface area contributed by atoms with E-state index in [2.05, 4.69) is 0 Å². The van der Waals surface area contributed by atoms with E-state index < -0.39 is 60.7 Å². The van der Waals surface area contributed by atoms with Crippen LogP contribution in [0.3, 0.4) is 0 Å². The second-order valence-electron chi connectivity index (χ2n) is 7.27. The summed E-state index contributed by atoms with van der Waals surface area (Å²) in [5.74, 6) is -2.31. The van der Waals surface area contributed by atoms with Crippen molar-refractivity contribution in [2.75, 3.05) is 20.3 Å². The van der Waals surface area contributed by atoms with Crippen molar-refractivity contribution in [3.63, 3.8) is 0 Å². The third-order valence-corrected chi connectivity index (χ3v) is 4.43. The van der Waals surface area contributed by atoms with Gasteiger partial charge in [-0.05, 0) is 27.7 Å². The zero-order chi connectivity index (χ0) is 24.3. The highest BCUT2D eigenvalue weighted by Gasteiger charge is 2.47. The Bertz CT molecular complexity index is 635. The van der Waals surface area contributed by atoms with Gasteiger partial charge in [0.1, 0.15) is 6.10 Å². The van der Waals surface area contributed by atoms with Crippen molar-refractivity contribution >= 4 is 23.9 Å². The number of esters is 4. The second-order valence-corrected chi connectivity index (χ2v) is 7.27. The van der Waals surface area contributed by atoms with Crippen molar-refractivity contribution in [1.29, 1.82) is 0 Å². The minimum Gasteiger partial charge on any atom is -0.467 e. The third-order valence-electron chi connectivity index (χ3n) is 4.43. The van der Waals surface area contributed by atoms with E-state index in [-0.39, 0.29) is 32.5 Å². The molecule has 0 bridgehead atoms. The van der Waals surface area contributed by atoms with Crippen LogP contribution in [0.15, 0.2) is 0 Å². The maximum atomic E-state index is 12.3. The summed E-state index contributed by atoms with van der Waals surface area (Å²) in [5, 5.41) is 0. The Hall–Kier alpha value is -2.24. The molecule has 0 N–H and O–H groups in total. The van der Waals surface area contributed by atoms with Crippen molar-refractivity contribution in [2.45, 2.75) is 90.7 Å². The molecule has 11 nitrogen and oxygen atoms in total. The molecule has 1 heterocycles. The van der Waals surface area contributed by atoms with Gasteiger partial charge < -0.3 is 33.2 Å². The van der Waals surface area contributed by atoms with E-state index in [1.165, 1.54) is 14.0 Å². The van der Waals surface area contributed by atoms with Gasteiger partial charge in [-0.25, -0.2) is 4.79 Å². The molecule has 0 aromatic heterocycles. The Kier molecular flexibility index (Phi) is 12.2. The molecule has 32 heavy (non-hydrogen) atoms. The molecule has 0 saturated carbocycles. The average Bonchev–Trinajstić information content (AvgIpc) is 2.68. The van der Waals surface area contributed by atoms with Gasteiger partial charge in [-0.1, -0.05) is 0 Å². The molecule has 0 aliphatic carbocycles. The summed E-state index contributed by atoms with van der Waals surface area (Å²) in [6.07, 6.45) is -5.42. The standard InChI is InChI=1S/C21H34O11/c1-7-27-16(23)9-12(3)29-15-11-18(30-13(4)10-17(24)28-8-2)32-20(21(25)26-6)19(15)31-14(5)22/h12-13,15,18-20H,7-11H2,1-6H3/t12?,13?,15-,18+,19+,20+/m1/s1. The maximum Gasteiger partial charge on any atom is 0.339 e. The van der Waals surface area contributed by atoms with Crippen LogP contribution in [0.5, 0.6) is 0 Å². The van der Waals surface area contributed by atoms with Crippen LogP contribution in [0.2, 0.25) is 0 Å². The fraction of sp³-hybridized carbons (Fsp3) is 0.810. The maximum absolute atomic E-state index is 12.3. The molecule has 1 rings (SSSR count). The van der Waals surface area contributed by atoms with Crippen molar-refractivity contribution < 1.29 is 52.3 Å². The lowest BCUT2D eigenvalue weighted by molar-refractivity contribution is -0.276. The fourth-order valence-electron chi connectivity index (χ4n) is 3.23. The number of hydrogen-bond acceptors (Lipinski definition) is 11. The van der Waals surface area contributed by atoms with Gasteiger partial charge in [0.15, 0.2) is 18.5 Å². The summed E-state index contributed by atoms with van der Waals surface area (Å²) in [6.45, 7) is 8.37. The average molecular weight is 462 g/mol. The molecule has 1 aliphatic rings. The highest BCUT2D eigenvalue weighted by atomic mass is 16.7. The van der Waals surface area contributed by atoms with Gasteiger partial charge in [0.2, 0.25) is 0 Å². The molecule has 1 saturated heterocycles. The molecule has 1 aliphatic heterocycles. The van der Waals surface area contributed by atoms with E-state index in [1.807, 2.05) is 0 Å². The van der Waals surface area contributed by atoms with Gasteiger partial charge >= 0.3 is 23.9 Å². The molecule has 0 aromatic carbocycles. The zero-order valence-electron chi connectivity index (χ0n) is 19.5. The fourth-order valence-corrected chi connectivity index (χ4v) is 3.23. The summed E-state index contributed by atoms with van der Waals surface area (Å²) in [7, 11) is 1.17. The Morgan fingerprint density at radius 3 is 1.94 bits per heavy atom. The molecular weight excluding hydrogens is 428 g/mol. The van der Waals surface area contributed by atoms with Crippen LogP contribution in [0, 0.1) is 0 Å². The van der Waals surface area contributed by atoms with Gasteiger partial charge in [0, 0.05) is 13.3 Å². The molecular formula is C21H34O11. The highest BCUT2D eigenvalue weighted by molar-refractivity contribution is 5.76. The number of rotatable bonds is 12. The van der Waals surface area contributed by atoms with Crippen molar-refractivity contribution in [2.24, 2.45) is 0 Å². The monoisotopic (exact) mass is 462 g/mol. The number of ether oxygens (including phenoxy) is 7. The molecule has 0 spiro atoms. The van der Waals surface area contributed by atoms with Crippen LogP contribution < -0.4 is 0 Å². The van der Waals surface area contributed by atoms with E-state index in [0.29, 0.717) is 0 Å². The molecule has 0 amide bonds. The quantitative estimate of drug-likeness (QED) is 0.307. The summed E-state index contributed by atoms with van der Waals surface area (Å²) in [4.78, 5) is 47.5. The Morgan fingerprint density at radius 2 is 1.47 bits per heavy atom. The van der Waals surface area contributed by atoms with Crippen LogP contribution >= 0.6 is 0 Å². The first-order chi connectivity index (χ1) is 15.1. The van der Waals surface area contributed by atoms with E-state index in [1.54, 1.807) is 27.7 Å². The molecule has 2 unspecified atom stereocenters. The lowest BCUT2D eigenvalue weighted by Gasteiger charge is -2.40. The normalized spacial score (nSPS) is 24.7. The molecule has 0 radical (unpaired) electrons. The summed E-state index contributed by atoms with van der Waals surface area (Å²) >= 11 is 0. The Balaban J connectivity index is 2.99. The first kappa shape index (κ1) is 27.8. The summed E-state index contributed by atoms with van der Waals surface area (Å²) in [6, 6.07) is 0. The summed E-state index contributed by atoms with van der Waals surface area (Å²) in [5.41, 5.74) is 0. The Morgan fingerprint density at radius 1 is 0.938 bits per heavy atom. The first-order valence-corrected chi connectivity index (χ1v) is 10.6. The van der Waals surface area contributed by atoms with Gasteiger partial charge in [-0.15, -0.1) is 0 Å². The Labute approximate surface area is 187 Å². The minimum atomic E-state index is -1.32. The van der Waals surface area contributed by atoms with E-state index >= 15 is 0 Å². The van der Waals surface area contributed by atoms with Crippen LogP contribution in [0.1, 0.15) is 53.9 Å². The molecule has 1 fully saturated rings. The SMILES string of the molecule is CCOC(=O)CC(C)O[C@@H]1C[C@@H](OC(C)CC(=O)OCC)[C@H](OC(C)=O)[C@@H](C(=O)OC)O1. The van der Waals surface area contributed by atoms with Crippen molar-refractivity contribution in [1.82, 2.24) is 0 Å². The first-order valence-electron chi connectivity index (χ1n) is 10.6. The van der Waals surface area contributed by atoms with Crippen LogP contribution in [-0.2, 0) is 52.3 Å². The largest absolute Gasteiger partial charge is 0.467 e. The number of methoxy groups -OCH3 is 1. The lowest BCUT2D eigenvalue weighted by atomic mass is 10.00. The van der Waals surface area contributed by atoms with Crippen LogP contribution in [0.25, 0.3) is 0 Å². The van der Waals surface area contributed by atoms with Gasteiger partial charge in [-0.2, -0.15) is 0 Å². The lowest BCUT2D eigenvalue weighted by Crippen LogP contribution is -2.56. The van der Waals surface area contributed by atoms with Crippen molar-refractivity contribution in [3.8, 4) is 0 Å². The number of hydrogen-bond donors (Lipinski definition) is 0. The molecule has 184 valence electrons. The molecule has 6 atom stereocenters. The van der Waals surface area contributed by atoms with E-state index in [9.17, 15) is 19.2 Å². The highest BCUT2D eigenvalue weighted by Crippen LogP contribution is 2.29. The molecule has 11 heteroatoms.